The van der Waals surface area contributed by atoms with E-state index >= 15 is 0 Å². The van der Waals surface area contributed by atoms with Crippen LogP contribution in [-0.2, 0) is 9.59 Å². The molecule has 0 atom stereocenters. The van der Waals surface area contributed by atoms with Gasteiger partial charge in [-0.25, -0.2) is 0 Å². The Hall–Kier alpha value is -0.870. The van der Waals surface area contributed by atoms with Gasteiger partial charge in [0.25, 0.3) is 11.8 Å². The summed E-state index contributed by atoms with van der Waals surface area (Å²) in [5.74, 6) is 5.32. The molecule has 2 amide bonds. The van der Waals surface area contributed by atoms with E-state index in [4.69, 9.17) is 0 Å². The summed E-state index contributed by atoms with van der Waals surface area (Å²) < 4.78 is 0.742. The molecule has 0 aromatic heterocycles. The molecule has 0 radical (unpaired) electrons. The summed E-state index contributed by atoms with van der Waals surface area (Å²) in [6, 6.07) is 0. The van der Waals surface area contributed by atoms with Crippen LogP contribution < -0.4 is 24.0 Å². The Kier molecular flexibility index (Phi) is 5.85. The van der Waals surface area contributed by atoms with Crippen molar-refractivity contribution in [1.82, 2.24) is 4.90 Å². The van der Waals surface area contributed by atoms with Crippen molar-refractivity contribution in [2.75, 3.05) is 34.2 Å². The third-order valence-electron chi connectivity index (χ3n) is 2.10. The summed E-state index contributed by atoms with van der Waals surface area (Å²) in [4.78, 5) is 24.0. The highest BCUT2D eigenvalue weighted by atomic mass is 127. The molecule has 0 aliphatic carbocycles. The highest BCUT2D eigenvalue weighted by Gasteiger charge is 2.27. The molecule has 1 aliphatic heterocycles. The average Bonchev–Trinajstić information content (AvgIpc) is 2.36. The fourth-order valence-electron chi connectivity index (χ4n) is 1.22. The first-order valence-electron chi connectivity index (χ1n) is 5.11. The van der Waals surface area contributed by atoms with Gasteiger partial charge in [0, 0.05) is 11.6 Å². The number of rotatable bonds is 2. The van der Waals surface area contributed by atoms with E-state index in [0.29, 0.717) is 12.1 Å². The topological polar surface area (TPSA) is 37.4 Å². The Morgan fingerprint density at radius 3 is 2.24 bits per heavy atom. The molecule has 0 saturated carbocycles. The lowest BCUT2D eigenvalue weighted by Gasteiger charge is -2.20. The zero-order valence-electron chi connectivity index (χ0n) is 10.6. The molecule has 0 spiro atoms. The van der Waals surface area contributed by atoms with Crippen LogP contribution in [0, 0.1) is 11.8 Å². The summed E-state index contributed by atoms with van der Waals surface area (Å²) in [5, 5.41) is 0. The minimum Gasteiger partial charge on any atom is -1.00 e. The maximum absolute atomic E-state index is 11.5. The van der Waals surface area contributed by atoms with Gasteiger partial charge in [-0.2, -0.15) is 0 Å². The van der Waals surface area contributed by atoms with Crippen molar-refractivity contribution in [2.45, 2.75) is 6.92 Å². The van der Waals surface area contributed by atoms with E-state index in [1.54, 1.807) is 6.92 Å². The van der Waals surface area contributed by atoms with Gasteiger partial charge in [0.05, 0.1) is 27.7 Å². The molecule has 0 bridgehead atoms. The predicted octanol–water partition coefficient (Wildman–Crippen LogP) is -2.98. The number of amides is 2. The summed E-state index contributed by atoms with van der Waals surface area (Å²) in [7, 11) is 6.10. The molecule has 17 heavy (non-hydrogen) atoms. The highest BCUT2D eigenvalue weighted by molar-refractivity contribution is 6.16. The first kappa shape index (κ1) is 16.1. The van der Waals surface area contributed by atoms with Crippen molar-refractivity contribution < 1.29 is 38.0 Å². The summed E-state index contributed by atoms with van der Waals surface area (Å²) >= 11 is 0. The molecule has 1 rings (SSSR count). The standard InChI is InChI=1S/C12H17N2O2.HI/c1-10-9-11(15)13(12(10)16)7-5-6-8-14(2,3)4;/h9H,7-8H2,1-4H3;1H/q+1;/p-1. The minimum atomic E-state index is -0.262. The van der Waals surface area contributed by atoms with Crippen LogP contribution in [0.3, 0.4) is 0 Å². The van der Waals surface area contributed by atoms with Crippen LogP contribution in [0.2, 0.25) is 0 Å². The van der Waals surface area contributed by atoms with Crippen LogP contribution in [0.1, 0.15) is 6.92 Å². The van der Waals surface area contributed by atoms with Crippen LogP contribution >= 0.6 is 0 Å². The van der Waals surface area contributed by atoms with Gasteiger partial charge in [0.2, 0.25) is 0 Å². The van der Waals surface area contributed by atoms with Gasteiger partial charge in [0.15, 0.2) is 0 Å². The van der Waals surface area contributed by atoms with Crippen molar-refractivity contribution >= 4 is 11.8 Å². The predicted molar refractivity (Wildman–Crippen MR) is 61.2 cm³/mol. The number of nitrogens with zero attached hydrogens (tertiary/aromatic N) is 2. The zero-order chi connectivity index (χ0) is 12.3. The maximum atomic E-state index is 11.5. The van der Waals surface area contributed by atoms with E-state index in [0.717, 1.165) is 9.38 Å². The smallest absolute Gasteiger partial charge is 0.257 e. The number of quaternary nitrogens is 1. The molecule has 94 valence electrons. The number of hydrogen-bond acceptors (Lipinski definition) is 2. The van der Waals surface area contributed by atoms with Gasteiger partial charge in [0.1, 0.15) is 6.54 Å². The fourth-order valence-corrected chi connectivity index (χ4v) is 1.22. The van der Waals surface area contributed by atoms with Crippen LogP contribution in [-0.4, -0.2) is 55.4 Å². The third kappa shape index (κ3) is 4.88. The molecule has 5 heteroatoms. The Morgan fingerprint density at radius 1 is 1.24 bits per heavy atom. The van der Waals surface area contributed by atoms with E-state index in [1.807, 2.05) is 21.1 Å². The molecule has 4 nitrogen and oxygen atoms in total. The van der Waals surface area contributed by atoms with E-state index < -0.39 is 0 Å². The van der Waals surface area contributed by atoms with Gasteiger partial charge in [-0.15, -0.1) is 0 Å². The third-order valence-corrected chi connectivity index (χ3v) is 2.10. The lowest BCUT2D eigenvalue weighted by Crippen LogP contribution is -3.00. The van der Waals surface area contributed by atoms with E-state index in [2.05, 4.69) is 11.8 Å². The molecule has 0 N–H and O–H groups in total. The molecular weight excluding hydrogens is 331 g/mol. The van der Waals surface area contributed by atoms with Crippen molar-refractivity contribution in [3.63, 3.8) is 0 Å². The van der Waals surface area contributed by atoms with Gasteiger partial charge in [-0.05, 0) is 12.8 Å². The average molecular weight is 348 g/mol. The molecule has 0 fully saturated rings. The van der Waals surface area contributed by atoms with Crippen molar-refractivity contribution in [3.05, 3.63) is 11.6 Å². The number of halogens is 1. The van der Waals surface area contributed by atoms with E-state index in [-0.39, 0.29) is 42.3 Å². The number of hydrogen-bond donors (Lipinski definition) is 0. The Balaban J connectivity index is 0.00000256. The quantitative estimate of drug-likeness (QED) is 0.231. The van der Waals surface area contributed by atoms with Crippen molar-refractivity contribution in [2.24, 2.45) is 0 Å². The van der Waals surface area contributed by atoms with Crippen LogP contribution in [0.15, 0.2) is 11.6 Å². The summed E-state index contributed by atoms with van der Waals surface area (Å²) in [5.41, 5.74) is 0.485. The fraction of sp³-hybridized carbons (Fsp3) is 0.500. The first-order valence-corrected chi connectivity index (χ1v) is 5.11. The monoisotopic (exact) mass is 348 g/mol. The lowest BCUT2D eigenvalue weighted by molar-refractivity contribution is -0.862. The first-order chi connectivity index (χ1) is 7.31. The molecule has 0 aromatic carbocycles. The molecule has 0 aromatic rings. The molecule has 0 saturated heterocycles. The Labute approximate surface area is 119 Å². The van der Waals surface area contributed by atoms with Crippen molar-refractivity contribution in [1.29, 1.82) is 0 Å². The minimum absolute atomic E-state index is 0. The van der Waals surface area contributed by atoms with Gasteiger partial charge in [-0.3, -0.25) is 14.5 Å². The van der Waals surface area contributed by atoms with E-state index in [1.165, 1.54) is 6.08 Å². The van der Waals surface area contributed by atoms with Gasteiger partial charge < -0.3 is 28.5 Å². The molecule has 0 unspecified atom stereocenters. The van der Waals surface area contributed by atoms with Gasteiger partial charge in [-0.1, -0.05) is 5.92 Å². The molecule has 1 heterocycles. The molecular formula is C12H17IN2O2. The maximum Gasteiger partial charge on any atom is 0.257 e. The SMILES string of the molecule is CC1=CC(=O)N(CC#CC[N+](C)(C)C)C1=O.[I-]. The largest absolute Gasteiger partial charge is 1.00 e. The van der Waals surface area contributed by atoms with Crippen LogP contribution in [0.25, 0.3) is 0 Å². The van der Waals surface area contributed by atoms with Crippen molar-refractivity contribution in [3.8, 4) is 11.8 Å². The second-order valence-electron chi connectivity index (χ2n) is 4.86. The second kappa shape index (κ2) is 6.17. The molecule has 1 aliphatic rings. The number of imide groups is 1. The highest BCUT2D eigenvalue weighted by Crippen LogP contribution is 2.10. The van der Waals surface area contributed by atoms with E-state index in [9.17, 15) is 9.59 Å². The Bertz CT molecular complexity index is 410. The zero-order valence-corrected chi connectivity index (χ0v) is 12.7. The lowest BCUT2D eigenvalue weighted by atomic mass is 10.3. The summed E-state index contributed by atoms with van der Waals surface area (Å²) in [6.07, 6.45) is 1.35. The summed E-state index contributed by atoms with van der Waals surface area (Å²) in [6.45, 7) is 2.52. The normalized spacial score (nSPS) is 15.1. The second-order valence-corrected chi connectivity index (χ2v) is 4.86. The Morgan fingerprint density at radius 2 is 1.82 bits per heavy atom. The number of carbonyl (C=O) groups is 2. The van der Waals surface area contributed by atoms with Gasteiger partial charge >= 0.3 is 0 Å². The number of carbonyl (C=O) groups excluding carboxylic acids is 2. The van der Waals surface area contributed by atoms with Crippen LogP contribution in [0.4, 0.5) is 0 Å². The van der Waals surface area contributed by atoms with Crippen LogP contribution in [0.5, 0.6) is 0 Å².